The molecule has 0 spiro atoms. The Bertz CT molecular complexity index is 1470. The lowest BCUT2D eigenvalue weighted by atomic mass is 9.59. The highest BCUT2D eigenvalue weighted by Crippen LogP contribution is 2.64. The molecule has 0 radical (unpaired) electrons. The first-order valence-corrected chi connectivity index (χ1v) is 17.3. The van der Waals surface area contributed by atoms with Crippen LogP contribution in [-0.2, 0) is 0 Å². The quantitative estimate of drug-likeness (QED) is 0.293. The molecular formula is C38H38S2. The Morgan fingerprint density at radius 2 is 1.45 bits per heavy atom. The van der Waals surface area contributed by atoms with Gasteiger partial charge in [-0.1, -0.05) is 97.1 Å². The molecule has 1 saturated heterocycles. The average molecular weight is 559 g/mol. The van der Waals surface area contributed by atoms with Crippen LogP contribution in [0.4, 0.5) is 0 Å². The van der Waals surface area contributed by atoms with Gasteiger partial charge in [-0.05, 0) is 102 Å². The van der Waals surface area contributed by atoms with Crippen molar-refractivity contribution in [2.75, 3.05) is 0 Å². The fraction of sp³-hybridized carbons (Fsp3) is 0.368. The van der Waals surface area contributed by atoms with Crippen LogP contribution in [0.2, 0.25) is 0 Å². The zero-order valence-electron chi connectivity index (χ0n) is 23.1. The molecule has 0 bridgehead atoms. The highest BCUT2D eigenvalue weighted by Gasteiger charge is 2.53. The van der Waals surface area contributed by atoms with Gasteiger partial charge in [-0.2, -0.15) is 11.8 Å². The largest absolute Gasteiger partial charge is 0.150 e. The lowest BCUT2D eigenvalue weighted by Crippen LogP contribution is -2.46. The minimum Gasteiger partial charge on any atom is -0.150 e. The predicted molar refractivity (Wildman–Crippen MR) is 174 cm³/mol. The van der Waals surface area contributed by atoms with E-state index in [1.54, 1.807) is 16.7 Å². The van der Waals surface area contributed by atoms with Gasteiger partial charge in [0.15, 0.2) is 0 Å². The van der Waals surface area contributed by atoms with Crippen molar-refractivity contribution in [1.29, 1.82) is 0 Å². The van der Waals surface area contributed by atoms with E-state index >= 15 is 0 Å². The van der Waals surface area contributed by atoms with Crippen molar-refractivity contribution in [2.24, 2.45) is 17.8 Å². The Kier molecular flexibility index (Phi) is 6.81. The van der Waals surface area contributed by atoms with Gasteiger partial charge in [0.25, 0.3) is 0 Å². The molecule has 7 atom stereocenters. The SMILES string of the molecule is C1=CC2Sc3ccccc3C(C3C4=C(c5ccccc5)CCCC4SC4CCC=C(c5ccccc5)C43)C2CC1. The standard InChI is InChI=1S/C38H38S2/c1-3-13-25(14-4-1)27-19-11-23-33-36(27)38(37-28(20-12-24-34(37)40-33)26-15-5-2-6-16-26)35-29-17-7-9-21-31(29)39-32-22-10-8-18-30(32)35/h1-7,9-10,13-17,19,21-22,30,32-36,38H,8,11-12,18,20,23-24H2. The normalized spacial score (nSPS) is 32.8. The van der Waals surface area contributed by atoms with Crippen LogP contribution in [0.25, 0.3) is 11.1 Å². The molecule has 0 nitrogen and oxygen atoms in total. The maximum Gasteiger partial charge on any atom is 0.0308 e. The number of rotatable bonds is 3. The molecule has 2 aliphatic heterocycles. The van der Waals surface area contributed by atoms with E-state index in [9.17, 15) is 0 Å². The summed E-state index contributed by atoms with van der Waals surface area (Å²) in [7, 11) is 0. The van der Waals surface area contributed by atoms with Gasteiger partial charge in [-0.25, -0.2) is 0 Å². The van der Waals surface area contributed by atoms with Crippen LogP contribution >= 0.6 is 23.5 Å². The van der Waals surface area contributed by atoms with Crippen molar-refractivity contribution in [3.63, 3.8) is 0 Å². The summed E-state index contributed by atoms with van der Waals surface area (Å²) in [5, 5.41) is 1.95. The van der Waals surface area contributed by atoms with E-state index in [1.165, 1.54) is 61.0 Å². The van der Waals surface area contributed by atoms with Crippen LogP contribution in [-0.4, -0.2) is 15.7 Å². The molecule has 3 aliphatic carbocycles. The molecule has 0 aromatic heterocycles. The second-order valence-electron chi connectivity index (χ2n) is 12.3. The van der Waals surface area contributed by atoms with Crippen molar-refractivity contribution in [3.05, 3.63) is 125 Å². The first kappa shape index (κ1) is 25.3. The zero-order valence-corrected chi connectivity index (χ0v) is 24.8. The van der Waals surface area contributed by atoms with E-state index in [-0.39, 0.29) is 0 Å². The lowest BCUT2D eigenvalue weighted by Gasteiger charge is -2.55. The zero-order chi connectivity index (χ0) is 26.5. The van der Waals surface area contributed by atoms with Gasteiger partial charge in [0.2, 0.25) is 0 Å². The topological polar surface area (TPSA) is 0 Å². The molecule has 0 N–H and O–H groups in total. The van der Waals surface area contributed by atoms with Gasteiger partial charge < -0.3 is 0 Å². The van der Waals surface area contributed by atoms with Crippen LogP contribution in [0.3, 0.4) is 0 Å². The maximum atomic E-state index is 2.64. The minimum atomic E-state index is 0.555. The molecule has 3 aromatic rings. The van der Waals surface area contributed by atoms with E-state index in [2.05, 4.69) is 127 Å². The van der Waals surface area contributed by atoms with Crippen LogP contribution in [0, 0.1) is 17.8 Å². The molecule has 1 fully saturated rings. The molecule has 3 aromatic carbocycles. The Balaban J connectivity index is 1.39. The fourth-order valence-corrected chi connectivity index (χ4v) is 12.1. The van der Waals surface area contributed by atoms with E-state index in [0.29, 0.717) is 39.4 Å². The monoisotopic (exact) mass is 558 g/mol. The Labute approximate surface area is 248 Å². The number of hydrogen-bond donors (Lipinski definition) is 0. The van der Waals surface area contributed by atoms with E-state index in [4.69, 9.17) is 0 Å². The van der Waals surface area contributed by atoms with Crippen molar-refractivity contribution in [1.82, 2.24) is 0 Å². The summed E-state index contributed by atoms with van der Waals surface area (Å²) in [4.78, 5) is 1.53. The Morgan fingerprint density at radius 3 is 2.30 bits per heavy atom. The second-order valence-corrected chi connectivity index (χ2v) is 15.0. The predicted octanol–water partition coefficient (Wildman–Crippen LogP) is 10.4. The minimum absolute atomic E-state index is 0.555. The molecule has 0 saturated carbocycles. The fourth-order valence-electron chi connectivity index (χ4n) is 8.76. The van der Waals surface area contributed by atoms with Gasteiger partial charge in [0.1, 0.15) is 0 Å². The number of hydrogen-bond acceptors (Lipinski definition) is 2. The van der Waals surface area contributed by atoms with Crippen LogP contribution in [0.5, 0.6) is 0 Å². The molecule has 5 aliphatic rings. The summed E-state index contributed by atoms with van der Waals surface area (Å²) >= 11 is 4.50. The van der Waals surface area contributed by atoms with Crippen molar-refractivity contribution in [3.8, 4) is 0 Å². The molecule has 202 valence electrons. The number of thioether (sulfide) groups is 2. The number of benzene rings is 3. The first-order chi connectivity index (χ1) is 19.9. The van der Waals surface area contributed by atoms with Crippen molar-refractivity contribution in [2.45, 2.75) is 71.5 Å². The molecule has 7 unspecified atom stereocenters. The molecule has 8 rings (SSSR count). The van der Waals surface area contributed by atoms with Gasteiger partial charge in [-0.3, -0.25) is 0 Å². The van der Waals surface area contributed by atoms with Gasteiger partial charge in [0.05, 0.1) is 0 Å². The van der Waals surface area contributed by atoms with Gasteiger partial charge >= 0.3 is 0 Å². The molecule has 2 heterocycles. The van der Waals surface area contributed by atoms with Crippen LogP contribution < -0.4 is 0 Å². The van der Waals surface area contributed by atoms with Crippen molar-refractivity contribution >= 4 is 34.7 Å². The Morgan fingerprint density at radius 1 is 0.675 bits per heavy atom. The molecule has 40 heavy (non-hydrogen) atoms. The van der Waals surface area contributed by atoms with E-state index in [0.717, 1.165) is 0 Å². The summed E-state index contributed by atoms with van der Waals surface area (Å²) in [5.41, 5.74) is 9.72. The second kappa shape index (κ2) is 10.8. The summed E-state index contributed by atoms with van der Waals surface area (Å²) in [5.74, 6) is 2.39. The third kappa shape index (κ3) is 4.29. The third-order valence-corrected chi connectivity index (χ3v) is 13.4. The summed E-state index contributed by atoms with van der Waals surface area (Å²) in [6.07, 6.45) is 16.6. The van der Waals surface area contributed by atoms with Gasteiger partial charge in [-0.15, -0.1) is 11.8 Å². The Hall–Kier alpha value is -2.42. The molecule has 0 amide bonds. The van der Waals surface area contributed by atoms with Crippen LogP contribution in [0.1, 0.15) is 67.6 Å². The third-order valence-electron chi connectivity index (χ3n) is 10.3. The summed E-state index contributed by atoms with van der Waals surface area (Å²) in [6.45, 7) is 0. The first-order valence-electron chi connectivity index (χ1n) is 15.5. The van der Waals surface area contributed by atoms with Gasteiger partial charge in [0, 0.05) is 26.6 Å². The number of fused-ring (bicyclic) bond motifs is 4. The van der Waals surface area contributed by atoms with E-state index < -0.39 is 0 Å². The maximum absolute atomic E-state index is 2.64. The smallest absolute Gasteiger partial charge is 0.0308 e. The van der Waals surface area contributed by atoms with E-state index in [1.807, 2.05) is 5.57 Å². The highest BCUT2D eigenvalue weighted by atomic mass is 32.2. The lowest BCUT2D eigenvalue weighted by molar-refractivity contribution is 0.253. The summed E-state index contributed by atoms with van der Waals surface area (Å²) < 4.78 is 0. The average Bonchev–Trinajstić information content (AvgIpc) is 3.03. The molecule has 2 heteroatoms. The van der Waals surface area contributed by atoms with Crippen molar-refractivity contribution < 1.29 is 0 Å². The highest BCUT2D eigenvalue weighted by molar-refractivity contribution is 8.00. The molecular weight excluding hydrogens is 521 g/mol. The number of allylic oxidation sites excluding steroid dienone is 4. The summed E-state index contributed by atoms with van der Waals surface area (Å²) in [6, 6.07) is 32.4. The van der Waals surface area contributed by atoms with Crippen LogP contribution in [0.15, 0.2) is 114 Å².